The fraction of sp³-hybridized carbons (Fsp3) is 0.579. The first-order chi connectivity index (χ1) is 13.0. The maximum Gasteiger partial charge on any atom is 0.254 e. The van der Waals surface area contributed by atoms with Crippen LogP contribution in [0.4, 0.5) is 0 Å². The van der Waals surface area contributed by atoms with Crippen molar-refractivity contribution in [3.8, 4) is 0 Å². The molecule has 0 aliphatic carbocycles. The molecule has 0 bridgehead atoms. The topological polar surface area (TPSA) is 80.6 Å². The summed E-state index contributed by atoms with van der Waals surface area (Å²) in [5.41, 5.74) is 2.96. The van der Waals surface area contributed by atoms with Crippen LogP contribution in [0.3, 0.4) is 0 Å². The Morgan fingerprint density at radius 3 is 2.52 bits per heavy atom. The summed E-state index contributed by atoms with van der Waals surface area (Å²) in [5.74, 6) is 0.0377. The van der Waals surface area contributed by atoms with E-state index in [4.69, 9.17) is 4.74 Å². The predicted molar refractivity (Wildman–Crippen MR) is 99.4 cm³/mol. The standard InChI is InChI=1S/C19H25N5O3/c1-12-11-14(16-13(2)21-22(3)17(16)20-12)18(25)23-6-8-24(9-7-23)19(26)15-5-4-10-27-15/h11,15H,4-10H2,1-3H3. The van der Waals surface area contributed by atoms with E-state index in [1.54, 1.807) is 4.68 Å². The van der Waals surface area contributed by atoms with E-state index in [0.29, 0.717) is 38.3 Å². The highest BCUT2D eigenvalue weighted by molar-refractivity contribution is 6.06. The molecule has 1 unspecified atom stereocenters. The van der Waals surface area contributed by atoms with Crippen LogP contribution in [0.2, 0.25) is 0 Å². The molecule has 0 saturated carbocycles. The maximum atomic E-state index is 13.2. The van der Waals surface area contributed by atoms with E-state index >= 15 is 0 Å². The molecule has 8 nitrogen and oxygen atoms in total. The van der Waals surface area contributed by atoms with Crippen LogP contribution in [0.1, 0.15) is 34.6 Å². The second kappa shape index (κ2) is 6.92. The molecule has 0 radical (unpaired) electrons. The van der Waals surface area contributed by atoms with Crippen molar-refractivity contribution in [3.05, 3.63) is 23.0 Å². The summed E-state index contributed by atoms with van der Waals surface area (Å²) >= 11 is 0. The van der Waals surface area contributed by atoms with Crippen molar-refractivity contribution in [2.45, 2.75) is 32.8 Å². The molecule has 27 heavy (non-hydrogen) atoms. The summed E-state index contributed by atoms with van der Waals surface area (Å²) in [5, 5.41) is 5.23. The van der Waals surface area contributed by atoms with Gasteiger partial charge in [0.2, 0.25) is 0 Å². The van der Waals surface area contributed by atoms with Gasteiger partial charge in [-0.15, -0.1) is 0 Å². The third-order valence-electron chi connectivity index (χ3n) is 5.41. The van der Waals surface area contributed by atoms with Crippen molar-refractivity contribution >= 4 is 22.8 Å². The smallest absolute Gasteiger partial charge is 0.254 e. The molecular formula is C19H25N5O3. The van der Waals surface area contributed by atoms with Crippen LogP contribution < -0.4 is 0 Å². The third kappa shape index (κ3) is 3.18. The zero-order valence-electron chi connectivity index (χ0n) is 16.1. The van der Waals surface area contributed by atoms with Gasteiger partial charge in [0.05, 0.1) is 16.6 Å². The van der Waals surface area contributed by atoms with Gasteiger partial charge in [0, 0.05) is 45.5 Å². The molecular weight excluding hydrogens is 346 g/mol. The van der Waals surface area contributed by atoms with Gasteiger partial charge in [-0.3, -0.25) is 14.3 Å². The highest BCUT2D eigenvalue weighted by Crippen LogP contribution is 2.24. The van der Waals surface area contributed by atoms with E-state index in [-0.39, 0.29) is 17.9 Å². The number of hydrogen-bond donors (Lipinski definition) is 0. The van der Waals surface area contributed by atoms with E-state index in [2.05, 4.69) is 10.1 Å². The van der Waals surface area contributed by atoms with E-state index in [1.165, 1.54) is 0 Å². The van der Waals surface area contributed by atoms with Crippen LogP contribution in [0.25, 0.3) is 11.0 Å². The molecule has 4 heterocycles. The number of amides is 2. The molecule has 1 atom stereocenters. The number of carbonyl (C=O) groups is 2. The first kappa shape index (κ1) is 17.9. The van der Waals surface area contributed by atoms with Gasteiger partial charge in [-0.05, 0) is 32.8 Å². The summed E-state index contributed by atoms with van der Waals surface area (Å²) in [6.07, 6.45) is 1.44. The van der Waals surface area contributed by atoms with Crippen LogP contribution >= 0.6 is 0 Å². The van der Waals surface area contributed by atoms with E-state index in [9.17, 15) is 9.59 Å². The van der Waals surface area contributed by atoms with Crippen LogP contribution in [0.15, 0.2) is 6.07 Å². The number of ether oxygens (including phenoxy) is 1. The van der Waals surface area contributed by atoms with Crippen LogP contribution in [0.5, 0.6) is 0 Å². The van der Waals surface area contributed by atoms with Crippen molar-refractivity contribution in [3.63, 3.8) is 0 Å². The molecule has 0 N–H and O–H groups in total. The van der Waals surface area contributed by atoms with Gasteiger partial charge >= 0.3 is 0 Å². The molecule has 0 aromatic carbocycles. The Balaban J connectivity index is 1.51. The zero-order chi connectivity index (χ0) is 19.1. The number of hydrogen-bond acceptors (Lipinski definition) is 5. The largest absolute Gasteiger partial charge is 0.368 e. The third-order valence-corrected chi connectivity index (χ3v) is 5.41. The fourth-order valence-electron chi connectivity index (χ4n) is 4.01. The van der Waals surface area contributed by atoms with Gasteiger partial charge in [0.1, 0.15) is 6.10 Å². The normalized spacial score (nSPS) is 20.5. The lowest BCUT2D eigenvalue weighted by molar-refractivity contribution is -0.142. The molecule has 8 heteroatoms. The number of aryl methyl sites for hydroxylation is 3. The Bertz CT molecular complexity index is 892. The number of fused-ring (bicyclic) bond motifs is 1. The summed E-state index contributed by atoms with van der Waals surface area (Å²) in [6.45, 7) is 6.59. The van der Waals surface area contributed by atoms with Gasteiger partial charge in [0.25, 0.3) is 11.8 Å². The predicted octanol–water partition coefficient (Wildman–Crippen LogP) is 1.05. The van der Waals surface area contributed by atoms with Gasteiger partial charge in [-0.25, -0.2) is 4.98 Å². The van der Waals surface area contributed by atoms with Crippen molar-refractivity contribution in [2.75, 3.05) is 32.8 Å². The van der Waals surface area contributed by atoms with Crippen molar-refractivity contribution < 1.29 is 14.3 Å². The Kier molecular flexibility index (Phi) is 4.59. The van der Waals surface area contributed by atoms with Crippen molar-refractivity contribution in [1.29, 1.82) is 0 Å². The molecule has 2 amide bonds. The van der Waals surface area contributed by atoms with Crippen LogP contribution in [0, 0.1) is 13.8 Å². The molecule has 2 aliphatic heterocycles. The summed E-state index contributed by atoms with van der Waals surface area (Å²) in [7, 11) is 1.84. The second-order valence-electron chi connectivity index (χ2n) is 7.34. The monoisotopic (exact) mass is 371 g/mol. The lowest BCUT2D eigenvalue weighted by Gasteiger charge is -2.35. The summed E-state index contributed by atoms with van der Waals surface area (Å²) in [6, 6.07) is 1.84. The average Bonchev–Trinajstić information content (AvgIpc) is 3.29. The van der Waals surface area contributed by atoms with Gasteiger partial charge in [-0.2, -0.15) is 5.10 Å². The summed E-state index contributed by atoms with van der Waals surface area (Å²) in [4.78, 5) is 33.9. The maximum absolute atomic E-state index is 13.2. The minimum Gasteiger partial charge on any atom is -0.368 e. The summed E-state index contributed by atoms with van der Waals surface area (Å²) < 4.78 is 7.22. The Morgan fingerprint density at radius 2 is 1.85 bits per heavy atom. The lowest BCUT2D eigenvalue weighted by atomic mass is 10.1. The van der Waals surface area contributed by atoms with Crippen LogP contribution in [-0.2, 0) is 16.6 Å². The van der Waals surface area contributed by atoms with Crippen LogP contribution in [-0.4, -0.2) is 75.3 Å². The molecule has 2 aromatic heterocycles. The molecule has 2 aliphatic rings. The second-order valence-corrected chi connectivity index (χ2v) is 7.34. The number of pyridine rings is 1. The number of carbonyl (C=O) groups excluding carboxylic acids is 2. The quantitative estimate of drug-likeness (QED) is 0.788. The van der Waals surface area contributed by atoms with Crippen molar-refractivity contribution in [2.24, 2.45) is 7.05 Å². The number of aromatic nitrogens is 3. The SMILES string of the molecule is Cc1cc(C(=O)N2CCN(C(=O)C3CCCO3)CC2)c2c(C)nn(C)c2n1. The number of rotatable bonds is 2. The van der Waals surface area contributed by atoms with Gasteiger partial charge in [0.15, 0.2) is 5.65 Å². The highest BCUT2D eigenvalue weighted by atomic mass is 16.5. The highest BCUT2D eigenvalue weighted by Gasteiger charge is 2.32. The van der Waals surface area contributed by atoms with Gasteiger partial charge in [-0.1, -0.05) is 0 Å². The zero-order valence-corrected chi connectivity index (χ0v) is 16.1. The van der Waals surface area contributed by atoms with Crippen molar-refractivity contribution in [1.82, 2.24) is 24.6 Å². The van der Waals surface area contributed by atoms with E-state index in [1.807, 2.05) is 36.8 Å². The molecule has 4 rings (SSSR count). The van der Waals surface area contributed by atoms with E-state index in [0.717, 1.165) is 35.3 Å². The van der Waals surface area contributed by atoms with E-state index < -0.39 is 0 Å². The first-order valence-electron chi connectivity index (χ1n) is 9.46. The Morgan fingerprint density at radius 1 is 1.15 bits per heavy atom. The Hall–Kier alpha value is -2.48. The molecule has 2 aromatic rings. The lowest BCUT2D eigenvalue weighted by Crippen LogP contribution is -2.52. The number of nitrogens with zero attached hydrogens (tertiary/aromatic N) is 5. The molecule has 0 spiro atoms. The van der Waals surface area contributed by atoms with Gasteiger partial charge < -0.3 is 14.5 Å². The molecule has 144 valence electrons. The fourth-order valence-corrected chi connectivity index (χ4v) is 4.01. The number of piperazine rings is 1. The molecule has 2 saturated heterocycles. The average molecular weight is 371 g/mol. The first-order valence-corrected chi connectivity index (χ1v) is 9.46. The Labute approximate surface area is 158 Å². The molecule has 2 fully saturated rings. The minimum absolute atomic E-state index is 0.0224. The minimum atomic E-state index is -0.298.